The van der Waals surface area contributed by atoms with E-state index in [0.717, 1.165) is 26.9 Å². The topological polar surface area (TPSA) is 0 Å². The van der Waals surface area contributed by atoms with Gasteiger partial charge in [0.25, 0.3) is 0 Å². The predicted octanol–water partition coefficient (Wildman–Crippen LogP) is 5.59. The molecule has 96 valence electrons. The Morgan fingerprint density at radius 2 is 1.35 bits per heavy atom. The minimum absolute atomic E-state index is 0.149. The van der Waals surface area contributed by atoms with E-state index in [9.17, 15) is 4.39 Å². The van der Waals surface area contributed by atoms with Crippen LogP contribution in [0.3, 0.4) is 0 Å². The molecule has 4 aromatic carbocycles. The van der Waals surface area contributed by atoms with Crippen LogP contribution in [-0.2, 0) is 0 Å². The van der Waals surface area contributed by atoms with Crippen LogP contribution in [0.4, 0.5) is 4.39 Å². The highest BCUT2D eigenvalue weighted by atomic mass is 19.1. The van der Waals surface area contributed by atoms with Crippen molar-refractivity contribution < 1.29 is 4.39 Å². The van der Waals surface area contributed by atoms with Crippen LogP contribution < -0.4 is 0 Å². The third-order valence-electron chi connectivity index (χ3n) is 4.01. The van der Waals surface area contributed by atoms with Crippen molar-refractivity contribution in [3.63, 3.8) is 0 Å². The van der Waals surface area contributed by atoms with Crippen LogP contribution in [0.25, 0.3) is 32.3 Å². The van der Waals surface area contributed by atoms with Crippen molar-refractivity contribution in [3.8, 4) is 0 Å². The summed E-state index contributed by atoms with van der Waals surface area (Å²) in [6, 6.07) is 19.7. The first kappa shape index (κ1) is 11.4. The summed E-state index contributed by atoms with van der Waals surface area (Å²) in [6.07, 6.45) is 0. The molecule has 0 nitrogen and oxygen atoms in total. The van der Waals surface area contributed by atoms with Crippen molar-refractivity contribution in [2.75, 3.05) is 0 Å². The average molecular weight is 260 g/mol. The van der Waals surface area contributed by atoms with Crippen LogP contribution >= 0.6 is 0 Å². The van der Waals surface area contributed by atoms with E-state index in [4.69, 9.17) is 0 Å². The molecule has 0 fully saturated rings. The zero-order valence-electron chi connectivity index (χ0n) is 11.2. The number of hydrogen-bond acceptors (Lipinski definition) is 0. The van der Waals surface area contributed by atoms with E-state index in [1.807, 2.05) is 36.4 Å². The van der Waals surface area contributed by atoms with Crippen LogP contribution in [-0.4, -0.2) is 0 Å². The second-order valence-electron chi connectivity index (χ2n) is 5.24. The second-order valence-corrected chi connectivity index (χ2v) is 5.24. The molecule has 0 aliphatic rings. The molecule has 4 aromatic rings. The number of hydrogen-bond donors (Lipinski definition) is 0. The lowest BCUT2D eigenvalue weighted by Crippen LogP contribution is -1.88. The first-order chi connectivity index (χ1) is 9.75. The van der Waals surface area contributed by atoms with Crippen LogP contribution in [0.5, 0.6) is 0 Å². The molecule has 0 aliphatic carbocycles. The summed E-state index contributed by atoms with van der Waals surface area (Å²) in [5.74, 6) is -0.149. The SMILES string of the molecule is Cc1cc2ccccc2c2cc(F)c3ccccc3c12. The van der Waals surface area contributed by atoms with Crippen LogP contribution in [0.2, 0.25) is 0 Å². The third-order valence-corrected chi connectivity index (χ3v) is 4.01. The van der Waals surface area contributed by atoms with E-state index >= 15 is 0 Å². The minimum atomic E-state index is -0.149. The molecule has 0 bridgehead atoms. The Balaban J connectivity index is 2.38. The van der Waals surface area contributed by atoms with Crippen molar-refractivity contribution in [2.24, 2.45) is 0 Å². The molecule has 20 heavy (non-hydrogen) atoms. The van der Waals surface area contributed by atoms with Gasteiger partial charge in [-0.25, -0.2) is 4.39 Å². The van der Waals surface area contributed by atoms with Gasteiger partial charge in [0.1, 0.15) is 5.82 Å². The standard InChI is InChI=1S/C19H13F/c1-12-10-13-6-2-3-7-14(13)17-11-18(20)15-8-4-5-9-16(15)19(12)17/h2-11H,1H3. The summed E-state index contributed by atoms with van der Waals surface area (Å²) in [5, 5.41) is 6.10. The summed E-state index contributed by atoms with van der Waals surface area (Å²) >= 11 is 0. The molecule has 0 amide bonds. The molecular formula is C19H13F. The predicted molar refractivity (Wildman–Crippen MR) is 83.7 cm³/mol. The molecule has 0 aromatic heterocycles. The second kappa shape index (κ2) is 4.04. The molecule has 0 atom stereocenters. The van der Waals surface area contributed by atoms with Gasteiger partial charge >= 0.3 is 0 Å². The summed E-state index contributed by atoms with van der Waals surface area (Å²) in [7, 11) is 0. The van der Waals surface area contributed by atoms with E-state index in [1.54, 1.807) is 6.07 Å². The van der Waals surface area contributed by atoms with Crippen LogP contribution in [0, 0.1) is 12.7 Å². The van der Waals surface area contributed by atoms with E-state index < -0.39 is 0 Å². The summed E-state index contributed by atoms with van der Waals surface area (Å²) in [5.41, 5.74) is 1.19. The van der Waals surface area contributed by atoms with Gasteiger partial charge in [0.2, 0.25) is 0 Å². The number of halogens is 1. The number of aryl methyl sites for hydroxylation is 1. The summed E-state index contributed by atoms with van der Waals surface area (Å²) in [6.45, 7) is 2.10. The molecule has 0 N–H and O–H groups in total. The van der Waals surface area contributed by atoms with Gasteiger partial charge in [-0.15, -0.1) is 0 Å². The van der Waals surface area contributed by atoms with Crippen molar-refractivity contribution >= 4 is 32.3 Å². The molecule has 4 rings (SSSR count). The maximum Gasteiger partial charge on any atom is 0.131 e. The monoisotopic (exact) mass is 260 g/mol. The highest BCUT2D eigenvalue weighted by molar-refractivity contribution is 6.18. The Kier molecular flexibility index (Phi) is 2.31. The fourth-order valence-corrected chi connectivity index (χ4v) is 3.14. The Morgan fingerprint density at radius 3 is 2.15 bits per heavy atom. The minimum Gasteiger partial charge on any atom is -0.206 e. The van der Waals surface area contributed by atoms with E-state index in [0.29, 0.717) is 5.39 Å². The first-order valence-corrected chi connectivity index (χ1v) is 6.75. The fraction of sp³-hybridized carbons (Fsp3) is 0.0526. The number of rotatable bonds is 0. The van der Waals surface area contributed by atoms with Gasteiger partial charge in [0, 0.05) is 5.39 Å². The smallest absolute Gasteiger partial charge is 0.131 e. The molecule has 0 saturated carbocycles. The van der Waals surface area contributed by atoms with Gasteiger partial charge in [0.05, 0.1) is 0 Å². The van der Waals surface area contributed by atoms with Gasteiger partial charge < -0.3 is 0 Å². The Morgan fingerprint density at radius 1 is 0.700 bits per heavy atom. The van der Waals surface area contributed by atoms with Gasteiger partial charge in [-0.3, -0.25) is 0 Å². The largest absolute Gasteiger partial charge is 0.206 e. The molecule has 1 heteroatoms. The third kappa shape index (κ3) is 1.47. The molecule has 0 unspecified atom stereocenters. The van der Waals surface area contributed by atoms with E-state index in [-0.39, 0.29) is 5.82 Å². The zero-order valence-corrected chi connectivity index (χ0v) is 11.2. The molecule has 0 saturated heterocycles. The molecule has 0 aliphatic heterocycles. The summed E-state index contributed by atoms with van der Waals surface area (Å²) in [4.78, 5) is 0. The first-order valence-electron chi connectivity index (χ1n) is 6.75. The average Bonchev–Trinajstić information content (AvgIpc) is 2.47. The number of fused-ring (bicyclic) bond motifs is 5. The Hall–Kier alpha value is -2.41. The highest BCUT2D eigenvalue weighted by Crippen LogP contribution is 2.35. The van der Waals surface area contributed by atoms with Crippen LogP contribution in [0.15, 0.2) is 60.7 Å². The molecule has 0 spiro atoms. The highest BCUT2D eigenvalue weighted by Gasteiger charge is 2.10. The molecular weight excluding hydrogens is 247 g/mol. The maximum atomic E-state index is 14.4. The summed E-state index contributed by atoms with van der Waals surface area (Å²) < 4.78 is 14.4. The van der Waals surface area contributed by atoms with Crippen molar-refractivity contribution in [2.45, 2.75) is 6.92 Å². The zero-order chi connectivity index (χ0) is 13.7. The lowest BCUT2D eigenvalue weighted by Gasteiger charge is -2.11. The van der Waals surface area contributed by atoms with Gasteiger partial charge in [-0.2, -0.15) is 0 Å². The van der Waals surface area contributed by atoms with Crippen molar-refractivity contribution in [1.29, 1.82) is 0 Å². The number of benzene rings is 4. The van der Waals surface area contributed by atoms with Crippen LogP contribution in [0.1, 0.15) is 5.56 Å². The van der Waals surface area contributed by atoms with Gasteiger partial charge in [0.15, 0.2) is 0 Å². The van der Waals surface area contributed by atoms with Crippen molar-refractivity contribution in [3.05, 3.63) is 72.0 Å². The molecule has 0 radical (unpaired) electrons. The lowest BCUT2D eigenvalue weighted by molar-refractivity contribution is 0.641. The quantitative estimate of drug-likeness (QED) is 0.361. The lowest BCUT2D eigenvalue weighted by atomic mass is 9.93. The maximum absolute atomic E-state index is 14.4. The van der Waals surface area contributed by atoms with Crippen molar-refractivity contribution in [1.82, 2.24) is 0 Å². The van der Waals surface area contributed by atoms with E-state index in [1.165, 1.54) is 5.56 Å². The van der Waals surface area contributed by atoms with Gasteiger partial charge in [-0.05, 0) is 45.5 Å². The van der Waals surface area contributed by atoms with Gasteiger partial charge in [-0.1, -0.05) is 54.6 Å². The Bertz CT molecular complexity index is 967. The normalized spacial score (nSPS) is 11.5. The fourth-order valence-electron chi connectivity index (χ4n) is 3.14. The Labute approximate surface area is 116 Å². The van der Waals surface area contributed by atoms with E-state index in [2.05, 4.69) is 25.1 Å². The molecule has 0 heterocycles.